The molecule has 1 fully saturated rings. The van der Waals surface area contributed by atoms with Crippen LogP contribution in [0.1, 0.15) is 30.0 Å². The van der Waals surface area contributed by atoms with Gasteiger partial charge >= 0.3 is 5.69 Å². The number of fused-ring (bicyclic) bond motifs is 2. The summed E-state index contributed by atoms with van der Waals surface area (Å²) < 4.78 is 1.80. The monoisotopic (exact) mass is 350 g/mol. The van der Waals surface area contributed by atoms with Crippen LogP contribution in [-0.2, 0) is 6.42 Å². The molecule has 2 atom stereocenters. The van der Waals surface area contributed by atoms with Crippen molar-refractivity contribution in [2.75, 3.05) is 25.0 Å². The van der Waals surface area contributed by atoms with E-state index >= 15 is 0 Å². The Labute approximate surface area is 150 Å². The first-order valence-corrected chi connectivity index (χ1v) is 9.29. The second-order valence-corrected chi connectivity index (χ2v) is 7.22. The first kappa shape index (κ1) is 15.6. The number of benzene rings is 1. The zero-order valence-corrected chi connectivity index (χ0v) is 14.5. The van der Waals surface area contributed by atoms with E-state index in [2.05, 4.69) is 43.8 Å². The lowest BCUT2D eigenvalue weighted by molar-refractivity contribution is 0.574. The van der Waals surface area contributed by atoms with Crippen LogP contribution < -0.4 is 16.3 Å². The zero-order valence-electron chi connectivity index (χ0n) is 14.5. The van der Waals surface area contributed by atoms with Gasteiger partial charge in [0.2, 0.25) is 5.95 Å². The predicted molar refractivity (Wildman–Crippen MR) is 101 cm³/mol. The molecule has 0 bridgehead atoms. The van der Waals surface area contributed by atoms with Crippen LogP contribution in [0.15, 0.2) is 35.3 Å². The standard InChI is InChI=1S/C19H22N6O/c26-19-23-15-11-22-18(21-10-12-7-8-20-9-12)24-17(15)25(19)16-6-5-13-3-1-2-4-14(13)16/h1-4,11-12,16,20H,5-10H2,(H,23,26)(H,21,22,24)/t12-,16+/m0/s1. The number of aryl methyl sites for hydroxylation is 1. The molecule has 0 amide bonds. The topological polar surface area (TPSA) is 87.6 Å². The summed E-state index contributed by atoms with van der Waals surface area (Å²) in [4.78, 5) is 24.6. The third kappa shape index (κ3) is 2.59. The van der Waals surface area contributed by atoms with Gasteiger partial charge in [0.1, 0.15) is 5.52 Å². The van der Waals surface area contributed by atoms with Crippen LogP contribution >= 0.6 is 0 Å². The Morgan fingerprint density at radius 3 is 3.08 bits per heavy atom. The Balaban J connectivity index is 1.50. The van der Waals surface area contributed by atoms with Gasteiger partial charge in [-0.15, -0.1) is 0 Å². The first-order chi connectivity index (χ1) is 12.8. The Hall–Kier alpha value is -2.67. The maximum Gasteiger partial charge on any atom is 0.328 e. The zero-order chi connectivity index (χ0) is 17.5. The van der Waals surface area contributed by atoms with Crippen molar-refractivity contribution in [3.63, 3.8) is 0 Å². The normalized spacial score (nSPS) is 22.0. The number of imidazole rings is 1. The van der Waals surface area contributed by atoms with Crippen LogP contribution in [-0.4, -0.2) is 39.2 Å². The van der Waals surface area contributed by atoms with E-state index in [0.29, 0.717) is 23.0 Å². The van der Waals surface area contributed by atoms with E-state index in [1.54, 1.807) is 10.8 Å². The van der Waals surface area contributed by atoms with Gasteiger partial charge in [-0.05, 0) is 49.4 Å². The fraction of sp³-hybridized carbons (Fsp3) is 0.421. The number of hydrogen-bond donors (Lipinski definition) is 3. The molecule has 1 aliphatic heterocycles. The molecule has 7 nitrogen and oxygen atoms in total. The maximum absolute atomic E-state index is 12.6. The first-order valence-electron chi connectivity index (χ1n) is 9.29. The van der Waals surface area contributed by atoms with Crippen molar-refractivity contribution < 1.29 is 0 Å². The van der Waals surface area contributed by atoms with Crippen molar-refractivity contribution in [3.8, 4) is 0 Å². The number of aromatic amines is 1. The summed E-state index contributed by atoms with van der Waals surface area (Å²) in [5.74, 6) is 1.19. The van der Waals surface area contributed by atoms with E-state index in [4.69, 9.17) is 0 Å². The average molecular weight is 350 g/mol. The van der Waals surface area contributed by atoms with Gasteiger partial charge in [-0.2, -0.15) is 4.98 Å². The highest BCUT2D eigenvalue weighted by atomic mass is 16.1. The third-order valence-corrected chi connectivity index (χ3v) is 5.58. The molecule has 0 unspecified atom stereocenters. The molecule has 7 heteroatoms. The second-order valence-electron chi connectivity index (χ2n) is 7.22. The molecule has 0 saturated carbocycles. The number of nitrogens with zero attached hydrogens (tertiary/aromatic N) is 3. The van der Waals surface area contributed by atoms with Gasteiger partial charge in [-0.3, -0.25) is 4.57 Å². The quantitative estimate of drug-likeness (QED) is 0.666. The Morgan fingerprint density at radius 2 is 2.19 bits per heavy atom. The lowest BCUT2D eigenvalue weighted by Gasteiger charge is -2.14. The number of H-pyrrole nitrogens is 1. The number of rotatable bonds is 4. The molecule has 5 rings (SSSR count). The van der Waals surface area contributed by atoms with Crippen molar-refractivity contribution in [1.82, 2.24) is 24.8 Å². The van der Waals surface area contributed by atoms with E-state index in [1.807, 2.05) is 6.07 Å². The minimum atomic E-state index is -0.117. The lowest BCUT2D eigenvalue weighted by Crippen LogP contribution is -2.22. The van der Waals surface area contributed by atoms with E-state index < -0.39 is 0 Å². The molecule has 3 N–H and O–H groups in total. The highest BCUT2D eigenvalue weighted by Crippen LogP contribution is 2.34. The molecule has 0 radical (unpaired) electrons. The largest absolute Gasteiger partial charge is 0.354 e. The minimum Gasteiger partial charge on any atom is -0.354 e. The smallest absolute Gasteiger partial charge is 0.328 e. The molecule has 2 aliphatic rings. The molecular weight excluding hydrogens is 328 g/mol. The van der Waals surface area contributed by atoms with Gasteiger partial charge < -0.3 is 15.6 Å². The van der Waals surface area contributed by atoms with Gasteiger partial charge in [0, 0.05) is 6.54 Å². The summed E-state index contributed by atoms with van der Waals surface area (Å²) in [7, 11) is 0. The van der Waals surface area contributed by atoms with Crippen molar-refractivity contribution in [1.29, 1.82) is 0 Å². The SMILES string of the molecule is O=c1[nH]c2cnc(NC[C@H]3CCNC3)nc2n1[C@@H]1CCc2ccccc21. The predicted octanol–water partition coefficient (Wildman–Crippen LogP) is 1.68. The second kappa shape index (κ2) is 6.25. The van der Waals surface area contributed by atoms with Crippen LogP contribution in [0.2, 0.25) is 0 Å². The Kier molecular flexibility index (Phi) is 3.74. The van der Waals surface area contributed by atoms with Crippen molar-refractivity contribution >= 4 is 17.1 Å². The Bertz CT molecular complexity index is 1000. The molecular formula is C19H22N6O. The Morgan fingerprint density at radius 1 is 1.27 bits per heavy atom. The lowest BCUT2D eigenvalue weighted by atomic mass is 10.1. The van der Waals surface area contributed by atoms with Gasteiger partial charge in [0.25, 0.3) is 0 Å². The molecule has 3 aromatic rings. The number of nitrogens with one attached hydrogen (secondary N) is 3. The highest BCUT2D eigenvalue weighted by molar-refractivity contribution is 5.71. The molecule has 0 spiro atoms. The number of aromatic nitrogens is 4. The van der Waals surface area contributed by atoms with E-state index in [-0.39, 0.29) is 11.7 Å². The molecule has 134 valence electrons. The van der Waals surface area contributed by atoms with Gasteiger partial charge in [0.15, 0.2) is 5.65 Å². The van der Waals surface area contributed by atoms with E-state index in [1.165, 1.54) is 17.5 Å². The van der Waals surface area contributed by atoms with Crippen LogP contribution in [0.3, 0.4) is 0 Å². The van der Waals surface area contributed by atoms with Crippen molar-refractivity contribution in [3.05, 3.63) is 52.1 Å². The fourth-order valence-corrected chi connectivity index (χ4v) is 4.22. The molecule has 1 saturated heterocycles. The van der Waals surface area contributed by atoms with Crippen molar-refractivity contribution in [2.45, 2.75) is 25.3 Å². The molecule has 26 heavy (non-hydrogen) atoms. The van der Waals surface area contributed by atoms with Crippen LogP contribution in [0, 0.1) is 5.92 Å². The summed E-state index contributed by atoms with van der Waals surface area (Å²) in [5, 5.41) is 6.70. The van der Waals surface area contributed by atoms with Crippen LogP contribution in [0.25, 0.3) is 11.2 Å². The number of anilines is 1. The molecule has 1 aromatic carbocycles. The highest BCUT2D eigenvalue weighted by Gasteiger charge is 2.27. The number of hydrogen-bond acceptors (Lipinski definition) is 5. The maximum atomic E-state index is 12.6. The summed E-state index contributed by atoms with van der Waals surface area (Å²) in [6, 6.07) is 8.39. The minimum absolute atomic E-state index is 0.0363. The van der Waals surface area contributed by atoms with Gasteiger partial charge in [0.05, 0.1) is 12.2 Å². The molecule has 3 heterocycles. The fourth-order valence-electron chi connectivity index (χ4n) is 4.22. The summed E-state index contributed by atoms with van der Waals surface area (Å²) in [5.41, 5.74) is 3.79. The summed E-state index contributed by atoms with van der Waals surface area (Å²) >= 11 is 0. The van der Waals surface area contributed by atoms with Crippen LogP contribution in [0.5, 0.6) is 0 Å². The van der Waals surface area contributed by atoms with Crippen molar-refractivity contribution in [2.24, 2.45) is 5.92 Å². The van der Waals surface area contributed by atoms with E-state index in [0.717, 1.165) is 32.5 Å². The average Bonchev–Trinajstić information content (AvgIpc) is 3.37. The summed E-state index contributed by atoms with van der Waals surface area (Å²) in [6.07, 6.45) is 4.79. The molecule has 1 aliphatic carbocycles. The van der Waals surface area contributed by atoms with Gasteiger partial charge in [-0.1, -0.05) is 24.3 Å². The molecule has 2 aromatic heterocycles. The van der Waals surface area contributed by atoms with Crippen LogP contribution in [0.4, 0.5) is 5.95 Å². The van der Waals surface area contributed by atoms with Gasteiger partial charge in [-0.25, -0.2) is 9.78 Å². The van der Waals surface area contributed by atoms with E-state index in [9.17, 15) is 4.79 Å². The third-order valence-electron chi connectivity index (χ3n) is 5.58. The summed E-state index contributed by atoms with van der Waals surface area (Å²) in [6.45, 7) is 2.95.